The van der Waals surface area contributed by atoms with Crippen molar-refractivity contribution in [3.63, 3.8) is 0 Å². The van der Waals surface area contributed by atoms with Crippen LogP contribution in [0.3, 0.4) is 0 Å². The maximum absolute atomic E-state index is 2.36. The van der Waals surface area contributed by atoms with Gasteiger partial charge in [-0.3, -0.25) is 0 Å². The molecule has 0 unspecified atom stereocenters. The fourth-order valence-corrected chi connectivity index (χ4v) is 3.80. The lowest BCUT2D eigenvalue weighted by atomic mass is 10.0. The number of nitrogens with zero attached hydrogens (tertiary/aromatic N) is 2. The molecule has 0 heterocycles. The van der Waals surface area contributed by atoms with E-state index < -0.39 is 0 Å². The molecule has 0 fully saturated rings. The van der Waals surface area contributed by atoms with E-state index in [0.717, 1.165) is 32.5 Å². The molecule has 0 aromatic heterocycles. The second kappa shape index (κ2) is 11.4. The minimum atomic E-state index is 1.04. The second-order valence-corrected chi connectivity index (χ2v) is 8.01. The molecule has 0 bridgehead atoms. The zero-order valence-corrected chi connectivity index (χ0v) is 19.5. The quantitative estimate of drug-likeness (QED) is 0.400. The molecule has 1 aliphatic carbocycles. The van der Waals surface area contributed by atoms with Gasteiger partial charge in [-0.05, 0) is 74.1 Å². The Morgan fingerprint density at radius 1 is 0.645 bits per heavy atom. The van der Waals surface area contributed by atoms with Crippen LogP contribution >= 0.6 is 0 Å². The number of allylic oxidation sites excluding steroid dienone is 5. The van der Waals surface area contributed by atoms with Crippen LogP contribution in [0.25, 0.3) is 18.2 Å². The second-order valence-electron chi connectivity index (χ2n) is 8.01. The van der Waals surface area contributed by atoms with Crippen molar-refractivity contribution < 1.29 is 0 Å². The lowest BCUT2D eigenvalue weighted by Crippen LogP contribution is -2.21. The lowest BCUT2D eigenvalue weighted by molar-refractivity contribution is 0.421. The number of rotatable bonds is 9. The summed E-state index contributed by atoms with van der Waals surface area (Å²) in [7, 11) is 2.16. The summed E-state index contributed by atoms with van der Waals surface area (Å²) < 4.78 is 0. The third-order valence-electron chi connectivity index (χ3n) is 6.04. The van der Waals surface area contributed by atoms with Crippen molar-refractivity contribution >= 4 is 23.9 Å². The van der Waals surface area contributed by atoms with Crippen molar-refractivity contribution in [2.45, 2.75) is 33.6 Å². The van der Waals surface area contributed by atoms with Crippen LogP contribution in [0.2, 0.25) is 0 Å². The summed E-state index contributed by atoms with van der Waals surface area (Å²) in [5, 5.41) is 0. The zero-order valence-electron chi connectivity index (χ0n) is 19.5. The Labute approximate surface area is 188 Å². The first kappa shape index (κ1) is 22.7. The molecule has 2 aromatic carbocycles. The fraction of sp³-hybridized carbons (Fsp3) is 0.310. The Morgan fingerprint density at radius 2 is 1.16 bits per heavy atom. The van der Waals surface area contributed by atoms with Crippen molar-refractivity contribution in [3.05, 3.63) is 94.7 Å². The molecule has 2 aromatic rings. The van der Waals surface area contributed by atoms with Gasteiger partial charge in [-0.2, -0.15) is 0 Å². The van der Waals surface area contributed by atoms with Crippen molar-refractivity contribution in [2.75, 3.05) is 31.6 Å². The Kier molecular flexibility index (Phi) is 8.35. The van der Waals surface area contributed by atoms with Gasteiger partial charge in [-0.25, -0.2) is 0 Å². The molecule has 0 saturated carbocycles. The molecule has 0 saturated heterocycles. The number of anilines is 1. The van der Waals surface area contributed by atoms with E-state index in [0.29, 0.717) is 0 Å². The average Bonchev–Trinajstić information content (AvgIpc) is 2.83. The molecule has 162 valence electrons. The molecule has 0 N–H and O–H groups in total. The topological polar surface area (TPSA) is 6.48 Å². The van der Waals surface area contributed by atoms with E-state index in [9.17, 15) is 0 Å². The van der Waals surface area contributed by atoms with Gasteiger partial charge in [0.2, 0.25) is 0 Å². The fourth-order valence-electron chi connectivity index (χ4n) is 3.80. The van der Waals surface area contributed by atoms with Crippen molar-refractivity contribution in [1.29, 1.82) is 0 Å². The summed E-state index contributed by atoms with van der Waals surface area (Å²) in [6, 6.07) is 17.5. The summed E-state index contributed by atoms with van der Waals surface area (Å²) in [5.41, 5.74) is 7.80. The van der Waals surface area contributed by atoms with Crippen LogP contribution in [0.5, 0.6) is 0 Å². The maximum atomic E-state index is 2.36. The standard InChI is InChI=1S/C29H36N2/c1-5-30(4)28-20-16-26(17-21-28)14-12-24-8-10-25(11-9-24)13-15-27-18-22-29(23-19-27)31(6-2)7-3/h8-16,18-20,22-23H,5-7,17,21H2,1-4H3/b14-12+,15-13+. The van der Waals surface area contributed by atoms with Gasteiger partial charge >= 0.3 is 0 Å². The molecular formula is C29H36N2. The van der Waals surface area contributed by atoms with E-state index in [1.807, 2.05) is 0 Å². The Hall–Kier alpha value is -3.00. The molecule has 0 aliphatic heterocycles. The summed E-state index contributed by atoms with van der Waals surface area (Å²) >= 11 is 0. The highest BCUT2D eigenvalue weighted by Crippen LogP contribution is 2.22. The minimum absolute atomic E-state index is 1.04. The SMILES string of the molecule is CCN(C)C1=CC=C(/C=C/c2ccc(/C=C/c3ccc(N(CC)CC)cc3)cc2)CC1. The Balaban J connectivity index is 1.58. The van der Waals surface area contributed by atoms with E-state index in [-0.39, 0.29) is 0 Å². The number of benzene rings is 2. The summed E-state index contributed by atoms with van der Waals surface area (Å²) in [4.78, 5) is 4.69. The third kappa shape index (κ3) is 6.49. The van der Waals surface area contributed by atoms with E-state index in [4.69, 9.17) is 0 Å². The monoisotopic (exact) mass is 412 g/mol. The van der Waals surface area contributed by atoms with Gasteiger partial charge in [0, 0.05) is 38.1 Å². The van der Waals surface area contributed by atoms with Crippen molar-refractivity contribution in [3.8, 4) is 0 Å². The van der Waals surface area contributed by atoms with Gasteiger partial charge in [0.25, 0.3) is 0 Å². The molecule has 0 spiro atoms. The first-order chi connectivity index (χ1) is 15.1. The van der Waals surface area contributed by atoms with Crippen molar-refractivity contribution in [2.24, 2.45) is 0 Å². The van der Waals surface area contributed by atoms with E-state index >= 15 is 0 Å². The molecule has 31 heavy (non-hydrogen) atoms. The van der Waals surface area contributed by atoms with E-state index in [1.165, 1.54) is 33.6 Å². The average molecular weight is 413 g/mol. The smallest absolute Gasteiger partial charge is 0.0366 e. The normalized spacial score (nSPS) is 14.1. The molecule has 1 aliphatic rings. The van der Waals surface area contributed by atoms with E-state index in [2.05, 4.69) is 123 Å². The lowest BCUT2D eigenvalue weighted by Gasteiger charge is -2.23. The number of hydrogen-bond acceptors (Lipinski definition) is 2. The molecule has 0 atom stereocenters. The highest BCUT2D eigenvalue weighted by molar-refractivity contribution is 5.71. The molecule has 2 nitrogen and oxygen atoms in total. The third-order valence-corrected chi connectivity index (χ3v) is 6.04. The maximum Gasteiger partial charge on any atom is 0.0366 e. The van der Waals surface area contributed by atoms with Crippen LogP contribution in [0, 0.1) is 0 Å². The largest absolute Gasteiger partial charge is 0.378 e. The Morgan fingerprint density at radius 3 is 1.61 bits per heavy atom. The van der Waals surface area contributed by atoms with Gasteiger partial charge in [-0.15, -0.1) is 0 Å². The van der Waals surface area contributed by atoms with Crippen LogP contribution in [-0.4, -0.2) is 31.6 Å². The van der Waals surface area contributed by atoms with Gasteiger partial charge in [0.15, 0.2) is 0 Å². The van der Waals surface area contributed by atoms with Crippen molar-refractivity contribution in [1.82, 2.24) is 4.90 Å². The molecule has 0 amide bonds. The van der Waals surface area contributed by atoms with Crippen LogP contribution in [-0.2, 0) is 0 Å². The van der Waals surface area contributed by atoms with Gasteiger partial charge < -0.3 is 9.80 Å². The molecular weight excluding hydrogens is 376 g/mol. The van der Waals surface area contributed by atoms with Crippen LogP contribution in [0.15, 0.2) is 78.0 Å². The minimum Gasteiger partial charge on any atom is -0.378 e. The van der Waals surface area contributed by atoms with Gasteiger partial charge in [0.05, 0.1) is 0 Å². The first-order valence-corrected chi connectivity index (χ1v) is 11.5. The van der Waals surface area contributed by atoms with Crippen LogP contribution in [0.1, 0.15) is 50.3 Å². The predicted octanol–water partition coefficient (Wildman–Crippen LogP) is 7.27. The van der Waals surface area contributed by atoms with E-state index in [1.54, 1.807) is 0 Å². The van der Waals surface area contributed by atoms with Crippen LogP contribution in [0.4, 0.5) is 5.69 Å². The molecule has 2 heteroatoms. The van der Waals surface area contributed by atoms with Gasteiger partial charge in [-0.1, -0.05) is 66.8 Å². The Bertz CT molecular complexity index is 939. The van der Waals surface area contributed by atoms with Gasteiger partial charge in [0.1, 0.15) is 0 Å². The highest BCUT2D eigenvalue weighted by Gasteiger charge is 2.07. The zero-order chi connectivity index (χ0) is 22.1. The highest BCUT2D eigenvalue weighted by atomic mass is 15.1. The number of hydrogen-bond donors (Lipinski definition) is 0. The predicted molar refractivity (Wildman–Crippen MR) is 138 cm³/mol. The van der Waals surface area contributed by atoms with Crippen LogP contribution < -0.4 is 4.90 Å². The first-order valence-electron chi connectivity index (χ1n) is 11.5. The molecule has 3 rings (SSSR count). The molecule has 0 radical (unpaired) electrons. The summed E-state index contributed by atoms with van der Waals surface area (Å²) in [6.07, 6.45) is 15.6. The summed E-state index contributed by atoms with van der Waals surface area (Å²) in [6.45, 7) is 9.73. The summed E-state index contributed by atoms with van der Waals surface area (Å²) in [5.74, 6) is 0.